The minimum absolute atomic E-state index is 0.289. The van der Waals surface area contributed by atoms with Crippen molar-refractivity contribution in [2.24, 2.45) is 0 Å². The maximum atomic E-state index is 5.84. The van der Waals surface area contributed by atoms with Crippen LogP contribution in [0.25, 0.3) is 0 Å². The number of benzene rings is 2. The topological polar surface area (TPSA) is 18.5 Å². The predicted octanol–water partition coefficient (Wildman–Crippen LogP) is 8.97. The van der Waals surface area contributed by atoms with E-state index in [1.807, 2.05) is 26.0 Å². The minimum atomic E-state index is -0.289. The lowest BCUT2D eigenvalue weighted by atomic mass is 9.78. The van der Waals surface area contributed by atoms with Gasteiger partial charge in [0.15, 0.2) is 0 Å². The molecule has 2 rings (SSSR count). The first kappa shape index (κ1) is 24.7. The molecule has 0 unspecified atom stereocenters. The fourth-order valence-electron chi connectivity index (χ4n) is 2.80. The highest BCUT2D eigenvalue weighted by Gasteiger charge is 2.30. The standard InChI is InChI=1S/C23H24Br4O2/c1-13(2)11-28-17-9-7-15(19(24)21(17)26)23(5,6)16-8-10-18(22(27)20(16)25)29-12-14(3)4/h7-10H,1,3,11-12H2,2,4-6H3. The molecule has 0 N–H and O–H groups in total. The van der Waals surface area contributed by atoms with Gasteiger partial charge in [0, 0.05) is 14.4 Å². The Bertz CT molecular complexity index is 873. The smallest absolute Gasteiger partial charge is 0.135 e. The van der Waals surface area contributed by atoms with Gasteiger partial charge in [0.1, 0.15) is 24.7 Å². The van der Waals surface area contributed by atoms with Gasteiger partial charge in [-0.1, -0.05) is 39.1 Å². The van der Waals surface area contributed by atoms with Crippen LogP contribution in [0.3, 0.4) is 0 Å². The summed E-state index contributed by atoms with van der Waals surface area (Å²) in [6.07, 6.45) is 0. The highest BCUT2D eigenvalue weighted by atomic mass is 79.9. The van der Waals surface area contributed by atoms with Crippen molar-refractivity contribution in [1.82, 2.24) is 0 Å². The van der Waals surface area contributed by atoms with Crippen LogP contribution in [0.1, 0.15) is 38.8 Å². The van der Waals surface area contributed by atoms with E-state index < -0.39 is 0 Å². The second kappa shape index (κ2) is 10.2. The summed E-state index contributed by atoms with van der Waals surface area (Å²) in [5, 5.41) is 0. The van der Waals surface area contributed by atoms with E-state index in [0.29, 0.717) is 13.2 Å². The fraction of sp³-hybridized carbons (Fsp3) is 0.304. The Morgan fingerprint density at radius 2 is 1.07 bits per heavy atom. The van der Waals surface area contributed by atoms with E-state index in [4.69, 9.17) is 9.47 Å². The fourth-order valence-corrected chi connectivity index (χ4v) is 5.37. The molecule has 2 aromatic rings. The van der Waals surface area contributed by atoms with Crippen molar-refractivity contribution >= 4 is 63.7 Å². The molecule has 6 heteroatoms. The monoisotopic (exact) mass is 648 g/mol. The quantitative estimate of drug-likeness (QED) is 0.265. The molecule has 0 radical (unpaired) electrons. The van der Waals surface area contributed by atoms with Gasteiger partial charge in [-0.05, 0) is 112 Å². The predicted molar refractivity (Wildman–Crippen MR) is 136 cm³/mol. The molecule has 0 atom stereocenters. The van der Waals surface area contributed by atoms with Gasteiger partial charge in [0.25, 0.3) is 0 Å². The molecule has 0 aliphatic carbocycles. The largest absolute Gasteiger partial charge is 0.488 e. The molecule has 0 saturated carbocycles. The molecular formula is C23H24Br4O2. The summed E-state index contributed by atoms with van der Waals surface area (Å²) in [6, 6.07) is 8.16. The minimum Gasteiger partial charge on any atom is -0.488 e. The van der Waals surface area contributed by atoms with E-state index in [0.717, 1.165) is 51.7 Å². The Kier molecular flexibility index (Phi) is 8.66. The second-order valence-electron chi connectivity index (χ2n) is 7.60. The van der Waals surface area contributed by atoms with Crippen LogP contribution in [-0.4, -0.2) is 13.2 Å². The van der Waals surface area contributed by atoms with Crippen LogP contribution in [0.4, 0.5) is 0 Å². The molecule has 29 heavy (non-hydrogen) atoms. The zero-order chi connectivity index (χ0) is 21.9. The van der Waals surface area contributed by atoms with Crippen LogP contribution < -0.4 is 9.47 Å². The maximum Gasteiger partial charge on any atom is 0.135 e. The van der Waals surface area contributed by atoms with Gasteiger partial charge >= 0.3 is 0 Å². The number of hydrogen-bond acceptors (Lipinski definition) is 2. The zero-order valence-corrected chi connectivity index (χ0v) is 23.3. The number of halogens is 4. The maximum absolute atomic E-state index is 5.84. The first-order chi connectivity index (χ1) is 13.5. The third-order valence-corrected chi connectivity index (χ3v) is 8.67. The molecule has 0 saturated heterocycles. The third kappa shape index (κ3) is 5.78. The van der Waals surface area contributed by atoms with Crippen molar-refractivity contribution in [2.45, 2.75) is 33.1 Å². The highest BCUT2D eigenvalue weighted by molar-refractivity contribution is 9.13. The molecule has 0 heterocycles. The Balaban J connectivity index is 2.44. The second-order valence-corrected chi connectivity index (χ2v) is 10.8. The Hall–Kier alpha value is -0.560. The summed E-state index contributed by atoms with van der Waals surface area (Å²) in [6.45, 7) is 17.0. The van der Waals surface area contributed by atoms with E-state index in [2.05, 4.69) is 103 Å². The van der Waals surface area contributed by atoms with Crippen LogP contribution in [-0.2, 0) is 5.41 Å². The summed E-state index contributed by atoms with van der Waals surface area (Å²) in [7, 11) is 0. The summed E-state index contributed by atoms with van der Waals surface area (Å²) in [4.78, 5) is 0. The van der Waals surface area contributed by atoms with Crippen LogP contribution in [0.15, 0.2) is 66.5 Å². The molecule has 0 aliphatic heterocycles. The van der Waals surface area contributed by atoms with Gasteiger partial charge in [0.05, 0.1) is 8.95 Å². The van der Waals surface area contributed by atoms with Gasteiger partial charge in [-0.2, -0.15) is 0 Å². The summed E-state index contributed by atoms with van der Waals surface area (Å²) in [5.41, 5.74) is 3.92. The number of rotatable bonds is 8. The molecule has 0 aliphatic rings. The molecule has 0 bridgehead atoms. The average Bonchev–Trinajstić information content (AvgIpc) is 2.63. The van der Waals surface area contributed by atoms with Crippen LogP contribution in [0.5, 0.6) is 11.5 Å². The van der Waals surface area contributed by atoms with Crippen LogP contribution in [0.2, 0.25) is 0 Å². The Morgan fingerprint density at radius 1 is 0.724 bits per heavy atom. The molecule has 0 aromatic heterocycles. The summed E-state index contributed by atoms with van der Waals surface area (Å²) in [5.74, 6) is 1.56. The lowest BCUT2D eigenvalue weighted by Crippen LogP contribution is -2.21. The van der Waals surface area contributed by atoms with Crippen molar-refractivity contribution in [3.05, 3.63) is 77.6 Å². The van der Waals surface area contributed by atoms with Gasteiger partial charge < -0.3 is 9.47 Å². The number of ether oxygens (including phenoxy) is 2. The van der Waals surface area contributed by atoms with Crippen molar-refractivity contribution in [3.63, 3.8) is 0 Å². The average molecular weight is 652 g/mol. The molecule has 0 amide bonds. The molecule has 2 aromatic carbocycles. The van der Waals surface area contributed by atoms with Crippen molar-refractivity contribution in [1.29, 1.82) is 0 Å². The van der Waals surface area contributed by atoms with E-state index in [1.165, 1.54) is 0 Å². The first-order valence-electron chi connectivity index (χ1n) is 8.98. The Morgan fingerprint density at radius 3 is 1.38 bits per heavy atom. The summed E-state index contributed by atoms with van der Waals surface area (Å²) < 4.78 is 15.4. The van der Waals surface area contributed by atoms with Gasteiger partial charge in [-0.15, -0.1) is 0 Å². The molecule has 0 fully saturated rings. The van der Waals surface area contributed by atoms with E-state index >= 15 is 0 Å². The molecule has 2 nitrogen and oxygen atoms in total. The molecule has 0 spiro atoms. The normalized spacial score (nSPS) is 11.3. The van der Waals surface area contributed by atoms with Crippen LogP contribution in [0, 0.1) is 0 Å². The molecular weight excluding hydrogens is 628 g/mol. The van der Waals surface area contributed by atoms with E-state index in [-0.39, 0.29) is 5.41 Å². The third-order valence-electron chi connectivity index (χ3n) is 4.39. The molecule has 156 valence electrons. The number of hydrogen-bond donors (Lipinski definition) is 0. The van der Waals surface area contributed by atoms with Crippen molar-refractivity contribution in [2.75, 3.05) is 13.2 Å². The summed E-state index contributed by atoms with van der Waals surface area (Å²) >= 11 is 14.9. The lowest BCUT2D eigenvalue weighted by Gasteiger charge is -2.30. The Labute approximate surface area is 207 Å². The van der Waals surface area contributed by atoms with Crippen molar-refractivity contribution < 1.29 is 9.47 Å². The lowest BCUT2D eigenvalue weighted by molar-refractivity contribution is 0.349. The first-order valence-corrected chi connectivity index (χ1v) is 12.1. The van der Waals surface area contributed by atoms with Gasteiger partial charge in [0.2, 0.25) is 0 Å². The SMILES string of the molecule is C=C(C)COc1ccc(C(C)(C)c2ccc(OCC(=C)C)c(Br)c2Br)c(Br)c1Br. The van der Waals surface area contributed by atoms with E-state index in [9.17, 15) is 0 Å². The van der Waals surface area contributed by atoms with Gasteiger partial charge in [-0.3, -0.25) is 0 Å². The zero-order valence-electron chi connectivity index (χ0n) is 17.0. The highest BCUT2D eigenvalue weighted by Crippen LogP contribution is 2.47. The van der Waals surface area contributed by atoms with Gasteiger partial charge in [-0.25, -0.2) is 0 Å². The van der Waals surface area contributed by atoms with Crippen molar-refractivity contribution in [3.8, 4) is 11.5 Å². The van der Waals surface area contributed by atoms with Crippen LogP contribution >= 0.6 is 63.7 Å². The van der Waals surface area contributed by atoms with E-state index in [1.54, 1.807) is 0 Å².